The summed E-state index contributed by atoms with van der Waals surface area (Å²) in [7, 11) is 0. The van der Waals surface area contributed by atoms with Gasteiger partial charge in [0.05, 0.1) is 0 Å². The molecule has 1 aromatic carbocycles. The molecule has 2 nitrogen and oxygen atoms in total. The fourth-order valence-electron chi connectivity index (χ4n) is 3.11. The van der Waals surface area contributed by atoms with Gasteiger partial charge in [-0.05, 0) is 69.3 Å². The number of rotatable bonds is 5. The van der Waals surface area contributed by atoms with Crippen LogP contribution in [0.1, 0.15) is 44.6 Å². The molecule has 1 aliphatic heterocycles. The molecule has 2 N–H and O–H groups in total. The van der Waals surface area contributed by atoms with Crippen molar-refractivity contribution in [3.63, 3.8) is 0 Å². The van der Waals surface area contributed by atoms with Crippen molar-refractivity contribution < 1.29 is 0 Å². The monoisotopic (exact) mass is 260 g/mol. The number of nitrogen functional groups attached to an aromatic ring is 1. The minimum atomic E-state index is 0.949. The van der Waals surface area contributed by atoms with Gasteiger partial charge in [0.15, 0.2) is 0 Å². The molecule has 1 aliphatic rings. The zero-order valence-electron chi connectivity index (χ0n) is 12.3. The normalized spacial score (nSPS) is 21.2. The summed E-state index contributed by atoms with van der Waals surface area (Å²) in [5, 5.41) is 0. The first-order valence-corrected chi connectivity index (χ1v) is 7.85. The zero-order chi connectivity index (χ0) is 13.5. The predicted molar refractivity (Wildman–Crippen MR) is 83.2 cm³/mol. The van der Waals surface area contributed by atoms with E-state index >= 15 is 0 Å². The number of anilines is 1. The second kappa shape index (κ2) is 7.54. The van der Waals surface area contributed by atoms with Gasteiger partial charge >= 0.3 is 0 Å². The van der Waals surface area contributed by atoms with Gasteiger partial charge in [0.1, 0.15) is 0 Å². The Morgan fingerprint density at radius 1 is 1.21 bits per heavy atom. The lowest BCUT2D eigenvalue weighted by molar-refractivity contribution is 0.277. The molecule has 0 spiro atoms. The SMILES string of the molecule is CCC1CCCN(CCCc2ccccc2N)CC1. The Labute approximate surface area is 118 Å². The maximum Gasteiger partial charge on any atom is 0.0346 e. The number of hydrogen-bond donors (Lipinski definition) is 1. The van der Waals surface area contributed by atoms with Crippen LogP contribution in [0.4, 0.5) is 5.69 Å². The summed E-state index contributed by atoms with van der Waals surface area (Å²) < 4.78 is 0. The van der Waals surface area contributed by atoms with Crippen LogP contribution in [0.15, 0.2) is 24.3 Å². The maximum atomic E-state index is 5.99. The summed E-state index contributed by atoms with van der Waals surface area (Å²) in [6, 6.07) is 8.26. The third-order valence-electron chi connectivity index (χ3n) is 4.49. The van der Waals surface area contributed by atoms with Crippen molar-refractivity contribution in [2.24, 2.45) is 5.92 Å². The third kappa shape index (κ3) is 4.54. The van der Waals surface area contributed by atoms with Gasteiger partial charge in [-0.25, -0.2) is 0 Å². The van der Waals surface area contributed by atoms with Crippen molar-refractivity contribution in [3.8, 4) is 0 Å². The Morgan fingerprint density at radius 2 is 2.05 bits per heavy atom. The lowest BCUT2D eigenvalue weighted by atomic mass is 9.98. The van der Waals surface area contributed by atoms with Gasteiger partial charge < -0.3 is 10.6 Å². The highest BCUT2D eigenvalue weighted by molar-refractivity contribution is 5.46. The average Bonchev–Trinajstić information content (AvgIpc) is 2.66. The molecule has 0 radical (unpaired) electrons. The third-order valence-corrected chi connectivity index (χ3v) is 4.49. The van der Waals surface area contributed by atoms with Crippen molar-refractivity contribution in [1.82, 2.24) is 4.90 Å². The molecule has 19 heavy (non-hydrogen) atoms. The highest BCUT2D eigenvalue weighted by atomic mass is 15.1. The van der Waals surface area contributed by atoms with Crippen LogP contribution in [0.2, 0.25) is 0 Å². The van der Waals surface area contributed by atoms with E-state index < -0.39 is 0 Å². The molecule has 0 aromatic heterocycles. The van der Waals surface area contributed by atoms with Crippen LogP contribution in [0.5, 0.6) is 0 Å². The highest BCUT2D eigenvalue weighted by Gasteiger charge is 2.15. The number of para-hydroxylation sites is 1. The Kier molecular flexibility index (Phi) is 5.71. The molecule has 1 aromatic rings. The van der Waals surface area contributed by atoms with Crippen molar-refractivity contribution in [2.45, 2.75) is 45.4 Å². The Hall–Kier alpha value is -1.02. The second-order valence-corrected chi connectivity index (χ2v) is 5.85. The first-order valence-electron chi connectivity index (χ1n) is 7.85. The number of nitrogens with two attached hydrogens (primary N) is 1. The molecule has 1 atom stereocenters. The lowest BCUT2D eigenvalue weighted by Gasteiger charge is -2.20. The largest absolute Gasteiger partial charge is 0.399 e. The van der Waals surface area contributed by atoms with Crippen molar-refractivity contribution in [2.75, 3.05) is 25.4 Å². The predicted octanol–water partition coefficient (Wildman–Crippen LogP) is 3.71. The van der Waals surface area contributed by atoms with Crippen LogP contribution < -0.4 is 5.73 Å². The number of benzene rings is 1. The van der Waals surface area contributed by atoms with E-state index in [1.54, 1.807) is 0 Å². The molecule has 2 rings (SSSR count). The molecule has 1 saturated heterocycles. The van der Waals surface area contributed by atoms with E-state index in [-0.39, 0.29) is 0 Å². The van der Waals surface area contributed by atoms with Crippen LogP contribution in [0.3, 0.4) is 0 Å². The summed E-state index contributed by atoms with van der Waals surface area (Å²) in [6.45, 7) is 6.15. The van der Waals surface area contributed by atoms with Gasteiger partial charge in [0.25, 0.3) is 0 Å². The minimum absolute atomic E-state index is 0.949. The number of likely N-dealkylation sites (tertiary alicyclic amines) is 1. The van der Waals surface area contributed by atoms with E-state index in [0.717, 1.165) is 18.0 Å². The Bertz CT molecular complexity index is 375. The molecule has 2 heteroatoms. The quantitative estimate of drug-likeness (QED) is 0.818. The maximum absolute atomic E-state index is 5.99. The van der Waals surface area contributed by atoms with E-state index in [1.165, 1.54) is 57.3 Å². The number of aryl methyl sites for hydroxylation is 1. The molecule has 0 bridgehead atoms. The summed E-state index contributed by atoms with van der Waals surface area (Å²) in [4.78, 5) is 2.65. The molecule has 106 valence electrons. The summed E-state index contributed by atoms with van der Waals surface area (Å²) in [5.74, 6) is 0.967. The number of nitrogens with zero attached hydrogens (tertiary/aromatic N) is 1. The van der Waals surface area contributed by atoms with Gasteiger partial charge in [-0.15, -0.1) is 0 Å². The average molecular weight is 260 g/mol. The Balaban J connectivity index is 1.72. The highest BCUT2D eigenvalue weighted by Crippen LogP contribution is 2.20. The van der Waals surface area contributed by atoms with E-state index in [4.69, 9.17) is 5.73 Å². The molecule has 0 amide bonds. The van der Waals surface area contributed by atoms with Gasteiger partial charge in [0, 0.05) is 5.69 Å². The molecular weight excluding hydrogens is 232 g/mol. The van der Waals surface area contributed by atoms with E-state index in [2.05, 4.69) is 24.0 Å². The van der Waals surface area contributed by atoms with Gasteiger partial charge in [0.2, 0.25) is 0 Å². The fourth-order valence-corrected chi connectivity index (χ4v) is 3.11. The lowest BCUT2D eigenvalue weighted by Crippen LogP contribution is -2.26. The molecule has 0 saturated carbocycles. The summed E-state index contributed by atoms with van der Waals surface area (Å²) in [5.41, 5.74) is 8.24. The Morgan fingerprint density at radius 3 is 2.84 bits per heavy atom. The molecule has 1 heterocycles. The first-order chi connectivity index (χ1) is 9.29. The summed E-state index contributed by atoms with van der Waals surface area (Å²) in [6.07, 6.45) is 7.90. The first kappa shape index (κ1) is 14.4. The molecule has 1 fully saturated rings. The minimum Gasteiger partial charge on any atom is -0.399 e. The summed E-state index contributed by atoms with van der Waals surface area (Å²) >= 11 is 0. The zero-order valence-corrected chi connectivity index (χ0v) is 12.3. The number of hydrogen-bond acceptors (Lipinski definition) is 2. The van der Waals surface area contributed by atoms with Gasteiger partial charge in [-0.3, -0.25) is 0 Å². The van der Waals surface area contributed by atoms with Gasteiger partial charge in [-0.1, -0.05) is 31.5 Å². The van der Waals surface area contributed by atoms with E-state index in [9.17, 15) is 0 Å². The second-order valence-electron chi connectivity index (χ2n) is 5.85. The van der Waals surface area contributed by atoms with Gasteiger partial charge in [-0.2, -0.15) is 0 Å². The smallest absolute Gasteiger partial charge is 0.0346 e. The molecule has 1 unspecified atom stereocenters. The van der Waals surface area contributed by atoms with Crippen LogP contribution in [-0.2, 0) is 6.42 Å². The van der Waals surface area contributed by atoms with Crippen LogP contribution in [-0.4, -0.2) is 24.5 Å². The van der Waals surface area contributed by atoms with Crippen molar-refractivity contribution in [3.05, 3.63) is 29.8 Å². The van der Waals surface area contributed by atoms with Crippen molar-refractivity contribution in [1.29, 1.82) is 0 Å². The van der Waals surface area contributed by atoms with Crippen molar-refractivity contribution >= 4 is 5.69 Å². The molecular formula is C17H28N2. The van der Waals surface area contributed by atoms with Crippen LogP contribution in [0.25, 0.3) is 0 Å². The van der Waals surface area contributed by atoms with E-state index in [0.29, 0.717) is 0 Å². The van der Waals surface area contributed by atoms with Crippen LogP contribution >= 0.6 is 0 Å². The van der Waals surface area contributed by atoms with E-state index in [1.807, 2.05) is 12.1 Å². The topological polar surface area (TPSA) is 29.3 Å². The fraction of sp³-hybridized carbons (Fsp3) is 0.647. The molecule has 0 aliphatic carbocycles. The standard InChI is InChI=1S/C17H28N2/c1-2-15-7-5-12-19(14-11-15)13-6-9-16-8-3-4-10-17(16)18/h3-4,8,10,15H,2,5-7,9,11-14,18H2,1H3. The van der Waals surface area contributed by atoms with Crippen LogP contribution in [0, 0.1) is 5.92 Å².